The molecule has 2 atom stereocenters. The topological polar surface area (TPSA) is 29.5 Å². The molecule has 132 valence electrons. The maximum Gasteiger partial charge on any atom is 0.254 e. The summed E-state index contributed by atoms with van der Waals surface area (Å²) in [5.41, 5.74) is 1.61. The Labute approximate surface area is 154 Å². The first-order chi connectivity index (χ1) is 12.1. The number of rotatable bonds is 4. The average molecular weight is 358 g/mol. The maximum atomic E-state index is 13.0. The molecule has 2 aromatic carbocycles. The molecule has 1 amide bonds. The lowest BCUT2D eigenvalue weighted by Gasteiger charge is -2.39. The normalized spacial score (nSPS) is 20.4. The summed E-state index contributed by atoms with van der Waals surface area (Å²) in [5.74, 6) is 0.769. The summed E-state index contributed by atoms with van der Waals surface area (Å²) in [7, 11) is 0. The Hall–Kier alpha value is -2.00. The van der Waals surface area contributed by atoms with Gasteiger partial charge in [-0.05, 0) is 57.4 Å². The van der Waals surface area contributed by atoms with Crippen LogP contribution in [0.3, 0.4) is 0 Å². The number of ether oxygens (including phenoxy) is 1. The number of halogens is 1. The van der Waals surface area contributed by atoms with Crippen molar-refractivity contribution in [3.05, 3.63) is 64.7 Å². The summed E-state index contributed by atoms with van der Waals surface area (Å²) < 4.78 is 5.85. The Bertz CT molecular complexity index is 736. The first-order valence-corrected chi connectivity index (χ1v) is 9.23. The Morgan fingerprint density at radius 3 is 2.56 bits per heavy atom. The summed E-state index contributed by atoms with van der Waals surface area (Å²) in [6.07, 6.45) is 3.32. The molecule has 0 spiro atoms. The van der Waals surface area contributed by atoms with Crippen LogP contribution in [0.25, 0.3) is 0 Å². The quantitative estimate of drug-likeness (QED) is 0.740. The van der Waals surface area contributed by atoms with E-state index >= 15 is 0 Å². The lowest BCUT2D eigenvalue weighted by Crippen LogP contribution is -2.47. The number of carbonyl (C=O) groups is 1. The largest absolute Gasteiger partial charge is 0.489 e. The number of hydrogen-bond acceptors (Lipinski definition) is 2. The Balaban J connectivity index is 1.72. The summed E-state index contributed by atoms with van der Waals surface area (Å²) >= 11 is 6.17. The second kappa shape index (κ2) is 7.92. The molecule has 0 unspecified atom stereocenters. The van der Waals surface area contributed by atoms with Gasteiger partial charge in [0, 0.05) is 28.2 Å². The first-order valence-electron chi connectivity index (χ1n) is 8.85. The van der Waals surface area contributed by atoms with E-state index < -0.39 is 0 Å². The Morgan fingerprint density at radius 2 is 1.84 bits per heavy atom. The predicted molar refractivity (Wildman–Crippen MR) is 101 cm³/mol. The molecule has 0 N–H and O–H groups in total. The van der Waals surface area contributed by atoms with Crippen molar-refractivity contribution in [3.63, 3.8) is 0 Å². The highest BCUT2D eigenvalue weighted by atomic mass is 35.5. The van der Waals surface area contributed by atoms with Gasteiger partial charge in [0.25, 0.3) is 5.91 Å². The van der Waals surface area contributed by atoms with Crippen LogP contribution in [-0.2, 0) is 6.61 Å². The molecule has 1 aliphatic rings. The molecule has 1 heterocycles. The van der Waals surface area contributed by atoms with Gasteiger partial charge in [0.05, 0.1) is 0 Å². The molecule has 0 radical (unpaired) electrons. The summed E-state index contributed by atoms with van der Waals surface area (Å²) in [6, 6.07) is 15.6. The number of piperidine rings is 1. The number of hydrogen-bond donors (Lipinski definition) is 0. The molecular formula is C21H24ClNO2. The number of nitrogens with zero attached hydrogens (tertiary/aromatic N) is 1. The van der Waals surface area contributed by atoms with E-state index in [0.717, 1.165) is 18.4 Å². The van der Waals surface area contributed by atoms with Gasteiger partial charge in [0.1, 0.15) is 12.4 Å². The van der Waals surface area contributed by atoms with Crippen molar-refractivity contribution in [1.82, 2.24) is 4.90 Å². The molecule has 0 saturated carbocycles. The third kappa shape index (κ3) is 4.16. The van der Waals surface area contributed by atoms with E-state index in [1.54, 1.807) is 0 Å². The molecule has 0 aromatic heterocycles. The fraction of sp³-hybridized carbons (Fsp3) is 0.381. The van der Waals surface area contributed by atoms with Gasteiger partial charge in [-0.3, -0.25) is 4.79 Å². The van der Waals surface area contributed by atoms with E-state index in [9.17, 15) is 4.79 Å². The average Bonchev–Trinajstić information content (AvgIpc) is 2.61. The molecular weight excluding hydrogens is 334 g/mol. The minimum atomic E-state index is 0.0860. The number of carbonyl (C=O) groups excluding carboxylic acids is 1. The van der Waals surface area contributed by atoms with Crippen molar-refractivity contribution < 1.29 is 9.53 Å². The Kier molecular flexibility index (Phi) is 5.64. The van der Waals surface area contributed by atoms with E-state index in [2.05, 4.69) is 13.8 Å². The molecule has 0 aliphatic carbocycles. The molecule has 1 fully saturated rings. The lowest BCUT2D eigenvalue weighted by molar-refractivity contribution is 0.0510. The second-order valence-corrected chi connectivity index (χ2v) is 7.16. The SMILES string of the molecule is C[C@H]1CCC[C@H](C)N1C(=O)c1cccc(OCc2ccccc2Cl)c1. The molecule has 1 aliphatic heterocycles. The van der Waals surface area contributed by atoms with Crippen molar-refractivity contribution in [1.29, 1.82) is 0 Å². The fourth-order valence-electron chi connectivity index (χ4n) is 3.47. The highest BCUT2D eigenvalue weighted by Gasteiger charge is 2.29. The second-order valence-electron chi connectivity index (χ2n) is 6.75. The predicted octanol–water partition coefficient (Wildman–Crippen LogP) is 5.32. The van der Waals surface area contributed by atoms with Crippen LogP contribution < -0.4 is 4.74 Å². The monoisotopic (exact) mass is 357 g/mol. The van der Waals surface area contributed by atoms with Gasteiger partial charge >= 0.3 is 0 Å². The third-order valence-electron chi connectivity index (χ3n) is 4.86. The molecule has 0 bridgehead atoms. The van der Waals surface area contributed by atoms with E-state index in [-0.39, 0.29) is 18.0 Å². The smallest absolute Gasteiger partial charge is 0.254 e. The summed E-state index contributed by atoms with van der Waals surface area (Å²) in [5, 5.41) is 0.686. The lowest BCUT2D eigenvalue weighted by atomic mass is 9.96. The summed E-state index contributed by atoms with van der Waals surface area (Å²) in [6.45, 7) is 4.64. The van der Waals surface area contributed by atoms with Gasteiger partial charge in [0.2, 0.25) is 0 Å². The van der Waals surface area contributed by atoms with Crippen LogP contribution in [0.4, 0.5) is 0 Å². The van der Waals surface area contributed by atoms with Crippen LogP contribution in [0.1, 0.15) is 49.0 Å². The zero-order valence-corrected chi connectivity index (χ0v) is 15.5. The van der Waals surface area contributed by atoms with Crippen LogP contribution in [0.15, 0.2) is 48.5 Å². The zero-order valence-electron chi connectivity index (χ0n) is 14.7. The van der Waals surface area contributed by atoms with Gasteiger partial charge in [0.15, 0.2) is 0 Å². The van der Waals surface area contributed by atoms with Gasteiger partial charge in [-0.2, -0.15) is 0 Å². The standard InChI is InChI=1S/C21H24ClNO2/c1-15-7-5-8-16(2)23(15)21(24)17-10-6-11-19(13-17)25-14-18-9-3-4-12-20(18)22/h3-4,6,9-13,15-16H,5,7-8,14H2,1-2H3/t15-,16-/m0/s1. The highest BCUT2D eigenvalue weighted by molar-refractivity contribution is 6.31. The van der Waals surface area contributed by atoms with E-state index in [0.29, 0.717) is 22.9 Å². The van der Waals surface area contributed by atoms with Crippen molar-refractivity contribution in [2.45, 2.75) is 51.8 Å². The number of amides is 1. The van der Waals surface area contributed by atoms with Crippen molar-refractivity contribution in [2.75, 3.05) is 0 Å². The van der Waals surface area contributed by atoms with Crippen LogP contribution in [-0.4, -0.2) is 22.9 Å². The fourth-order valence-corrected chi connectivity index (χ4v) is 3.66. The van der Waals surface area contributed by atoms with Crippen molar-refractivity contribution >= 4 is 17.5 Å². The minimum absolute atomic E-state index is 0.0860. The molecule has 3 rings (SSSR count). The molecule has 2 aromatic rings. The number of likely N-dealkylation sites (tertiary alicyclic amines) is 1. The third-order valence-corrected chi connectivity index (χ3v) is 5.23. The van der Waals surface area contributed by atoms with Crippen molar-refractivity contribution in [3.8, 4) is 5.75 Å². The maximum absolute atomic E-state index is 13.0. The molecule has 1 saturated heterocycles. The first kappa shape index (κ1) is 17.8. The van der Waals surface area contributed by atoms with E-state index in [1.807, 2.05) is 53.4 Å². The highest BCUT2D eigenvalue weighted by Crippen LogP contribution is 2.26. The van der Waals surface area contributed by atoms with Gasteiger partial charge in [-0.1, -0.05) is 35.9 Å². The molecule has 3 nitrogen and oxygen atoms in total. The molecule has 25 heavy (non-hydrogen) atoms. The summed E-state index contributed by atoms with van der Waals surface area (Å²) in [4.78, 5) is 15.0. The number of benzene rings is 2. The van der Waals surface area contributed by atoms with Gasteiger partial charge in [-0.15, -0.1) is 0 Å². The van der Waals surface area contributed by atoms with Crippen molar-refractivity contribution in [2.24, 2.45) is 0 Å². The van der Waals surface area contributed by atoms with Crippen LogP contribution >= 0.6 is 11.6 Å². The van der Waals surface area contributed by atoms with Crippen LogP contribution in [0.2, 0.25) is 5.02 Å². The van der Waals surface area contributed by atoms with Crippen LogP contribution in [0.5, 0.6) is 5.75 Å². The zero-order chi connectivity index (χ0) is 17.8. The molecule has 4 heteroatoms. The van der Waals surface area contributed by atoms with Gasteiger partial charge in [-0.25, -0.2) is 0 Å². The van der Waals surface area contributed by atoms with E-state index in [4.69, 9.17) is 16.3 Å². The van der Waals surface area contributed by atoms with Crippen LogP contribution in [0, 0.1) is 0 Å². The Morgan fingerprint density at radius 1 is 1.12 bits per heavy atom. The van der Waals surface area contributed by atoms with E-state index in [1.165, 1.54) is 6.42 Å². The minimum Gasteiger partial charge on any atom is -0.489 e. The van der Waals surface area contributed by atoms with Gasteiger partial charge < -0.3 is 9.64 Å².